The number of benzene rings is 1. The van der Waals surface area contributed by atoms with Crippen molar-refractivity contribution in [1.29, 1.82) is 0 Å². The van der Waals surface area contributed by atoms with E-state index < -0.39 is 5.97 Å². The lowest BCUT2D eigenvalue weighted by Gasteiger charge is -2.34. The van der Waals surface area contributed by atoms with E-state index in [1.165, 1.54) is 7.11 Å². The number of esters is 1. The summed E-state index contributed by atoms with van der Waals surface area (Å²) in [5.41, 5.74) is 3.31. The molecule has 0 atom stereocenters. The molecule has 27 heavy (non-hydrogen) atoms. The first-order valence-electron chi connectivity index (χ1n) is 8.85. The largest absolute Gasteiger partial charge is 0.493 e. The number of carbonyl (C=O) groups excluding carboxylic acids is 2. The zero-order chi connectivity index (χ0) is 19.8. The number of hydrogen-bond acceptors (Lipinski definition) is 6. The number of hydrogen-bond donors (Lipinski definition) is 1. The van der Waals surface area contributed by atoms with Crippen molar-refractivity contribution in [2.24, 2.45) is 5.41 Å². The Morgan fingerprint density at radius 3 is 2.37 bits per heavy atom. The van der Waals surface area contributed by atoms with Crippen LogP contribution in [0.5, 0.6) is 11.5 Å². The van der Waals surface area contributed by atoms with E-state index in [0.717, 1.165) is 23.4 Å². The van der Waals surface area contributed by atoms with Crippen molar-refractivity contribution in [3.05, 3.63) is 34.5 Å². The van der Waals surface area contributed by atoms with Gasteiger partial charge in [0.05, 0.1) is 21.3 Å². The van der Waals surface area contributed by atoms with Gasteiger partial charge in [-0.25, -0.2) is 4.79 Å². The Labute approximate surface area is 159 Å². The van der Waals surface area contributed by atoms with Crippen molar-refractivity contribution in [2.75, 3.05) is 26.6 Å². The number of ether oxygens (including phenoxy) is 3. The van der Waals surface area contributed by atoms with Crippen molar-refractivity contribution >= 4 is 23.5 Å². The molecule has 1 N–H and O–H groups in total. The molecule has 3 rings (SSSR count). The minimum absolute atomic E-state index is 0.0625. The van der Waals surface area contributed by atoms with Gasteiger partial charge in [-0.2, -0.15) is 0 Å². The first-order valence-corrected chi connectivity index (χ1v) is 8.85. The molecule has 0 bridgehead atoms. The predicted molar refractivity (Wildman–Crippen MR) is 103 cm³/mol. The second-order valence-electron chi connectivity index (χ2n) is 7.66. The van der Waals surface area contributed by atoms with Gasteiger partial charge < -0.3 is 19.5 Å². The van der Waals surface area contributed by atoms with Crippen LogP contribution in [0.25, 0.3) is 6.08 Å². The summed E-state index contributed by atoms with van der Waals surface area (Å²) in [6.45, 7) is 4.14. The van der Waals surface area contributed by atoms with E-state index in [1.54, 1.807) is 20.3 Å². The quantitative estimate of drug-likeness (QED) is 0.817. The van der Waals surface area contributed by atoms with Gasteiger partial charge in [-0.15, -0.1) is 0 Å². The molecule has 2 aliphatic rings. The maximum Gasteiger partial charge on any atom is 0.334 e. The number of methoxy groups -OCH3 is 3. The number of anilines is 1. The Hall–Kier alpha value is -2.76. The average molecular weight is 371 g/mol. The van der Waals surface area contributed by atoms with Crippen LogP contribution >= 0.6 is 0 Å². The highest BCUT2D eigenvalue weighted by atomic mass is 16.5. The lowest BCUT2D eigenvalue weighted by Crippen LogP contribution is -2.29. The predicted octanol–water partition coefficient (Wildman–Crippen LogP) is 3.72. The highest BCUT2D eigenvalue weighted by Gasteiger charge is 2.35. The SMILES string of the molecule is COC(=O)/C1=C/c2cc(OC)c(OC)cc2NC2=C(C1)C(=O)CC(C)(C)C2. The lowest BCUT2D eigenvalue weighted by molar-refractivity contribution is -0.136. The number of nitrogens with one attached hydrogen (secondary N) is 1. The average Bonchev–Trinajstić information content (AvgIpc) is 2.61. The summed E-state index contributed by atoms with van der Waals surface area (Å²) in [6.07, 6.45) is 3.17. The molecule has 0 radical (unpaired) electrons. The van der Waals surface area contributed by atoms with E-state index in [1.807, 2.05) is 12.1 Å². The van der Waals surface area contributed by atoms with Crippen LogP contribution in [0.15, 0.2) is 29.0 Å². The lowest BCUT2D eigenvalue weighted by atomic mass is 9.74. The third-order valence-electron chi connectivity index (χ3n) is 4.98. The van der Waals surface area contributed by atoms with Gasteiger partial charge in [0.1, 0.15) is 0 Å². The monoisotopic (exact) mass is 371 g/mol. The van der Waals surface area contributed by atoms with Crippen LogP contribution in [-0.4, -0.2) is 33.1 Å². The summed E-state index contributed by atoms with van der Waals surface area (Å²) in [5, 5.41) is 3.42. The summed E-state index contributed by atoms with van der Waals surface area (Å²) in [5.74, 6) is 0.754. The van der Waals surface area contributed by atoms with Gasteiger partial charge in [0.2, 0.25) is 0 Å². The maximum atomic E-state index is 12.8. The molecule has 144 valence electrons. The van der Waals surface area contributed by atoms with Crippen LogP contribution < -0.4 is 14.8 Å². The Kier molecular flexibility index (Phi) is 5.00. The molecule has 0 saturated heterocycles. The Bertz CT molecular complexity index is 864. The van der Waals surface area contributed by atoms with E-state index in [4.69, 9.17) is 14.2 Å². The van der Waals surface area contributed by atoms with Crippen LogP contribution in [0, 0.1) is 5.41 Å². The van der Waals surface area contributed by atoms with Crippen molar-refractivity contribution in [1.82, 2.24) is 0 Å². The second kappa shape index (κ2) is 7.10. The molecule has 1 heterocycles. The third kappa shape index (κ3) is 3.70. The zero-order valence-corrected chi connectivity index (χ0v) is 16.4. The Morgan fingerprint density at radius 1 is 1.07 bits per heavy atom. The third-order valence-corrected chi connectivity index (χ3v) is 4.98. The number of Topliss-reactive ketones (excluding diaryl/α,β-unsaturated/α-hetero) is 1. The van der Waals surface area contributed by atoms with E-state index in [2.05, 4.69) is 19.2 Å². The van der Waals surface area contributed by atoms with Gasteiger partial charge in [0.15, 0.2) is 17.3 Å². The number of carbonyl (C=O) groups is 2. The summed E-state index contributed by atoms with van der Waals surface area (Å²) >= 11 is 0. The number of allylic oxidation sites excluding steroid dienone is 2. The van der Waals surface area contributed by atoms with Crippen molar-refractivity contribution < 1.29 is 23.8 Å². The molecule has 1 aromatic rings. The van der Waals surface area contributed by atoms with Crippen molar-refractivity contribution in [3.8, 4) is 11.5 Å². The molecule has 6 heteroatoms. The molecule has 1 aliphatic carbocycles. The van der Waals surface area contributed by atoms with Gasteiger partial charge in [0, 0.05) is 47.0 Å². The van der Waals surface area contributed by atoms with Crippen molar-refractivity contribution in [2.45, 2.75) is 33.1 Å². The minimum atomic E-state index is -0.442. The number of rotatable bonds is 3. The molecule has 1 aromatic carbocycles. The maximum absolute atomic E-state index is 12.8. The molecule has 6 nitrogen and oxygen atoms in total. The molecule has 0 unspecified atom stereocenters. The molecule has 0 spiro atoms. The second-order valence-corrected chi connectivity index (χ2v) is 7.66. The van der Waals surface area contributed by atoms with Gasteiger partial charge in [-0.05, 0) is 24.0 Å². The smallest absolute Gasteiger partial charge is 0.334 e. The topological polar surface area (TPSA) is 73.9 Å². The molecule has 0 aromatic heterocycles. The zero-order valence-electron chi connectivity index (χ0n) is 16.4. The highest BCUT2D eigenvalue weighted by molar-refractivity contribution is 6.03. The van der Waals surface area contributed by atoms with Crippen LogP contribution in [0.4, 0.5) is 5.69 Å². The van der Waals surface area contributed by atoms with Gasteiger partial charge >= 0.3 is 5.97 Å². The molecular formula is C21H25NO5. The first-order chi connectivity index (χ1) is 12.8. The normalized spacial score (nSPS) is 20.2. The van der Waals surface area contributed by atoms with E-state index in [0.29, 0.717) is 29.1 Å². The van der Waals surface area contributed by atoms with Gasteiger partial charge in [0.25, 0.3) is 0 Å². The molecule has 0 fully saturated rings. The van der Waals surface area contributed by atoms with Crippen LogP contribution in [-0.2, 0) is 14.3 Å². The summed E-state index contributed by atoms with van der Waals surface area (Å²) in [7, 11) is 4.48. The Morgan fingerprint density at radius 2 is 1.74 bits per heavy atom. The molecule has 1 aliphatic heterocycles. The fraction of sp³-hybridized carbons (Fsp3) is 0.429. The van der Waals surface area contributed by atoms with Crippen molar-refractivity contribution in [3.63, 3.8) is 0 Å². The van der Waals surface area contributed by atoms with E-state index >= 15 is 0 Å². The van der Waals surface area contributed by atoms with Crippen LogP contribution in [0.2, 0.25) is 0 Å². The molecule has 0 saturated carbocycles. The van der Waals surface area contributed by atoms with Crippen LogP contribution in [0.1, 0.15) is 38.7 Å². The summed E-state index contributed by atoms with van der Waals surface area (Å²) in [6, 6.07) is 3.63. The number of fused-ring (bicyclic) bond motifs is 1. The molecule has 0 amide bonds. The summed E-state index contributed by atoms with van der Waals surface area (Å²) in [4.78, 5) is 25.1. The van der Waals surface area contributed by atoms with Gasteiger partial charge in [-0.3, -0.25) is 4.79 Å². The summed E-state index contributed by atoms with van der Waals surface area (Å²) < 4.78 is 15.7. The Balaban J connectivity index is 2.20. The van der Waals surface area contributed by atoms with E-state index in [9.17, 15) is 9.59 Å². The fourth-order valence-electron chi connectivity index (χ4n) is 3.66. The molecular weight excluding hydrogens is 346 g/mol. The highest BCUT2D eigenvalue weighted by Crippen LogP contribution is 2.43. The minimum Gasteiger partial charge on any atom is -0.493 e. The first kappa shape index (κ1) is 19.0. The fourth-order valence-corrected chi connectivity index (χ4v) is 3.66. The standard InChI is InChI=1S/C21H25NO5/c1-21(2)10-16-14(17(23)11-21)7-13(20(24)27-5)6-12-8-18(25-3)19(26-4)9-15(12)22-16/h6,8-9,22H,7,10-11H2,1-5H3/b13-6+. The number of ketones is 1. The van der Waals surface area contributed by atoms with Crippen LogP contribution in [0.3, 0.4) is 0 Å². The van der Waals surface area contributed by atoms with E-state index in [-0.39, 0.29) is 17.6 Å². The van der Waals surface area contributed by atoms with Gasteiger partial charge in [-0.1, -0.05) is 13.8 Å².